The van der Waals surface area contributed by atoms with E-state index in [0.717, 1.165) is 41.9 Å². The zero-order chi connectivity index (χ0) is 17.3. The molecule has 4 nitrogen and oxygen atoms in total. The zero-order valence-corrected chi connectivity index (χ0v) is 15.3. The van der Waals surface area contributed by atoms with Gasteiger partial charge in [0.2, 0.25) is 5.13 Å². The van der Waals surface area contributed by atoms with Crippen molar-refractivity contribution in [3.05, 3.63) is 66.2 Å². The fraction of sp³-hybridized carbons (Fsp3) is 0.333. The smallest absolute Gasteiger partial charge is 0.208 e. The second-order valence-corrected chi connectivity index (χ2v) is 7.98. The quantitative estimate of drug-likeness (QED) is 0.698. The second kappa shape index (κ2) is 6.82. The molecular formula is C21H21N3OS. The van der Waals surface area contributed by atoms with Crippen molar-refractivity contribution in [3.63, 3.8) is 0 Å². The molecule has 5 rings (SSSR count). The van der Waals surface area contributed by atoms with E-state index < -0.39 is 0 Å². The maximum Gasteiger partial charge on any atom is 0.208 e. The molecule has 0 unspecified atom stereocenters. The molecule has 2 saturated heterocycles. The summed E-state index contributed by atoms with van der Waals surface area (Å²) in [5.74, 6) is 1.01. The number of benzene rings is 2. The summed E-state index contributed by atoms with van der Waals surface area (Å²) in [6, 6.07) is 21.7. The molecule has 0 radical (unpaired) electrons. The molecule has 2 aliphatic rings. The molecule has 0 aliphatic carbocycles. The van der Waals surface area contributed by atoms with Crippen LogP contribution in [-0.2, 0) is 4.74 Å². The third kappa shape index (κ3) is 2.81. The number of rotatable bonds is 3. The van der Waals surface area contributed by atoms with Crippen LogP contribution < -0.4 is 4.90 Å². The van der Waals surface area contributed by atoms with E-state index in [9.17, 15) is 0 Å². The van der Waals surface area contributed by atoms with E-state index in [4.69, 9.17) is 4.74 Å². The highest BCUT2D eigenvalue weighted by molar-refractivity contribution is 7.18. The Hall–Kier alpha value is -2.24. The average Bonchev–Trinajstić information content (AvgIpc) is 3.34. The van der Waals surface area contributed by atoms with Crippen molar-refractivity contribution in [3.8, 4) is 10.6 Å². The van der Waals surface area contributed by atoms with Gasteiger partial charge in [-0.15, -0.1) is 10.2 Å². The van der Waals surface area contributed by atoms with Gasteiger partial charge in [0.05, 0.1) is 6.61 Å². The van der Waals surface area contributed by atoms with Gasteiger partial charge in [-0.2, -0.15) is 0 Å². The molecule has 1 aromatic heterocycles. The summed E-state index contributed by atoms with van der Waals surface area (Å²) >= 11 is 1.70. The minimum atomic E-state index is 0.491. The van der Waals surface area contributed by atoms with Crippen LogP contribution in [0.4, 0.5) is 5.13 Å². The van der Waals surface area contributed by atoms with Gasteiger partial charge in [0, 0.05) is 36.6 Å². The molecule has 2 aromatic carbocycles. The highest BCUT2D eigenvalue weighted by Crippen LogP contribution is 2.44. The molecule has 5 heteroatoms. The summed E-state index contributed by atoms with van der Waals surface area (Å²) in [5, 5.41) is 11.0. The van der Waals surface area contributed by atoms with Gasteiger partial charge in [0.1, 0.15) is 5.01 Å². The van der Waals surface area contributed by atoms with Crippen molar-refractivity contribution in [2.45, 2.75) is 18.4 Å². The first-order valence-corrected chi connectivity index (χ1v) is 10.00. The normalized spacial score (nSPS) is 25.2. The average molecular weight is 363 g/mol. The highest BCUT2D eigenvalue weighted by Gasteiger charge is 2.45. The molecule has 3 aromatic rings. The molecule has 0 spiro atoms. The number of hydrogen-bond donors (Lipinski definition) is 0. The van der Waals surface area contributed by atoms with Gasteiger partial charge in [-0.25, -0.2) is 0 Å². The highest BCUT2D eigenvalue weighted by atomic mass is 32.1. The lowest BCUT2D eigenvalue weighted by Crippen LogP contribution is -2.38. The summed E-state index contributed by atoms with van der Waals surface area (Å²) in [6.07, 6.45) is 1.06. The number of anilines is 1. The van der Waals surface area contributed by atoms with Crippen LogP contribution in [0.3, 0.4) is 0 Å². The zero-order valence-electron chi connectivity index (χ0n) is 14.5. The lowest BCUT2D eigenvalue weighted by atomic mass is 9.84. The first kappa shape index (κ1) is 16.0. The maximum absolute atomic E-state index is 5.83. The molecule has 26 heavy (non-hydrogen) atoms. The van der Waals surface area contributed by atoms with Crippen LogP contribution in [0.25, 0.3) is 10.6 Å². The number of ether oxygens (including phenoxy) is 1. The van der Waals surface area contributed by atoms with E-state index in [0.29, 0.717) is 17.9 Å². The Morgan fingerprint density at radius 3 is 2.54 bits per heavy atom. The number of aromatic nitrogens is 2. The van der Waals surface area contributed by atoms with E-state index in [-0.39, 0.29) is 0 Å². The van der Waals surface area contributed by atoms with Gasteiger partial charge in [-0.05, 0) is 12.0 Å². The lowest BCUT2D eigenvalue weighted by molar-refractivity contribution is 0.0462. The molecule has 132 valence electrons. The Balaban J connectivity index is 1.46. The van der Waals surface area contributed by atoms with Crippen LogP contribution in [0, 0.1) is 5.92 Å². The fourth-order valence-electron chi connectivity index (χ4n) is 4.30. The van der Waals surface area contributed by atoms with Gasteiger partial charge >= 0.3 is 0 Å². The number of hydrogen-bond acceptors (Lipinski definition) is 5. The van der Waals surface area contributed by atoms with Gasteiger partial charge in [-0.1, -0.05) is 72.0 Å². The van der Waals surface area contributed by atoms with E-state index in [1.54, 1.807) is 11.3 Å². The van der Waals surface area contributed by atoms with Crippen LogP contribution in [-0.4, -0.2) is 36.0 Å². The van der Waals surface area contributed by atoms with Gasteiger partial charge in [0.15, 0.2) is 0 Å². The van der Waals surface area contributed by atoms with Crippen LogP contribution in [0.5, 0.6) is 0 Å². The Morgan fingerprint density at radius 1 is 0.962 bits per heavy atom. The summed E-state index contributed by atoms with van der Waals surface area (Å²) < 4.78 is 5.83. The van der Waals surface area contributed by atoms with Crippen molar-refractivity contribution in [1.82, 2.24) is 10.2 Å². The molecule has 0 amide bonds. The van der Waals surface area contributed by atoms with Crippen molar-refractivity contribution in [2.75, 3.05) is 24.7 Å². The third-order valence-electron chi connectivity index (χ3n) is 5.58. The summed E-state index contributed by atoms with van der Waals surface area (Å²) in [5.41, 5.74) is 2.54. The summed E-state index contributed by atoms with van der Waals surface area (Å²) in [6.45, 7) is 2.67. The second-order valence-electron chi connectivity index (χ2n) is 7.02. The molecule has 0 N–H and O–H groups in total. The lowest BCUT2D eigenvalue weighted by Gasteiger charge is -2.32. The minimum Gasteiger partial charge on any atom is -0.381 e. The molecule has 3 heterocycles. The van der Waals surface area contributed by atoms with Crippen molar-refractivity contribution >= 4 is 16.5 Å². The van der Waals surface area contributed by atoms with E-state index in [1.807, 2.05) is 18.2 Å². The minimum absolute atomic E-state index is 0.491. The van der Waals surface area contributed by atoms with Crippen molar-refractivity contribution in [1.29, 1.82) is 0 Å². The molecule has 3 atom stereocenters. The topological polar surface area (TPSA) is 38.2 Å². The van der Waals surface area contributed by atoms with Crippen LogP contribution in [0.15, 0.2) is 60.7 Å². The van der Waals surface area contributed by atoms with Crippen LogP contribution >= 0.6 is 11.3 Å². The first-order chi connectivity index (χ1) is 12.9. The van der Waals surface area contributed by atoms with Crippen LogP contribution in [0.1, 0.15) is 17.9 Å². The molecule has 0 saturated carbocycles. The predicted molar refractivity (Wildman–Crippen MR) is 105 cm³/mol. The molecule has 2 aliphatic heterocycles. The fourth-order valence-corrected chi connectivity index (χ4v) is 5.22. The largest absolute Gasteiger partial charge is 0.381 e. The monoisotopic (exact) mass is 363 g/mol. The Bertz CT molecular complexity index is 867. The Morgan fingerprint density at radius 2 is 1.73 bits per heavy atom. The van der Waals surface area contributed by atoms with E-state index in [2.05, 4.69) is 57.6 Å². The number of fused-ring (bicyclic) bond motifs is 1. The van der Waals surface area contributed by atoms with Crippen molar-refractivity contribution in [2.24, 2.45) is 5.92 Å². The molecule has 2 fully saturated rings. The van der Waals surface area contributed by atoms with E-state index in [1.165, 1.54) is 5.56 Å². The number of nitrogens with zero attached hydrogens (tertiary/aromatic N) is 3. The Labute approximate surface area is 157 Å². The summed E-state index contributed by atoms with van der Waals surface area (Å²) in [7, 11) is 0. The van der Waals surface area contributed by atoms with E-state index >= 15 is 0 Å². The van der Waals surface area contributed by atoms with Gasteiger partial charge in [0.25, 0.3) is 0 Å². The predicted octanol–water partition coefficient (Wildman–Crippen LogP) is 4.21. The third-order valence-corrected chi connectivity index (χ3v) is 6.59. The molecular weight excluding hydrogens is 342 g/mol. The first-order valence-electron chi connectivity index (χ1n) is 9.18. The Kier molecular flexibility index (Phi) is 4.19. The van der Waals surface area contributed by atoms with Gasteiger partial charge in [-0.3, -0.25) is 0 Å². The molecule has 0 bridgehead atoms. The van der Waals surface area contributed by atoms with Crippen molar-refractivity contribution < 1.29 is 4.74 Å². The SMILES string of the molecule is c1ccc(-c2nnc(N3C[C@H](c4ccccc4)[C@@H]4COCC[C@H]43)s2)cc1. The van der Waals surface area contributed by atoms with Crippen LogP contribution in [0.2, 0.25) is 0 Å². The standard InChI is InChI=1S/C21H21N3OS/c1-3-7-15(8-4-1)17-13-24(19-11-12-25-14-18(17)19)21-23-22-20(26-21)16-9-5-2-6-10-16/h1-10,17-19H,11-14H2/t17-,18+,19-/m1/s1. The maximum atomic E-state index is 5.83. The summed E-state index contributed by atoms with van der Waals surface area (Å²) in [4.78, 5) is 2.48. The van der Waals surface area contributed by atoms with Gasteiger partial charge < -0.3 is 9.64 Å².